The number of ether oxygens (including phenoxy) is 1. The van der Waals surface area contributed by atoms with Gasteiger partial charge in [-0.1, -0.05) is 0 Å². The quantitative estimate of drug-likeness (QED) is 0.568. The largest absolute Gasteiger partial charge is 0.462 e. The average Bonchev–Trinajstić information content (AvgIpc) is 2.48. The van der Waals surface area contributed by atoms with Gasteiger partial charge in [0.05, 0.1) is 12.6 Å². The Morgan fingerprint density at radius 2 is 2.05 bits per heavy atom. The van der Waals surface area contributed by atoms with Crippen molar-refractivity contribution < 1.29 is 19.4 Å². The van der Waals surface area contributed by atoms with E-state index in [0.717, 1.165) is 25.1 Å². The molecule has 0 aliphatic heterocycles. The highest BCUT2D eigenvalue weighted by molar-refractivity contribution is 6.37. The van der Waals surface area contributed by atoms with Crippen LogP contribution >= 0.6 is 0 Å². The standard InChI is InChI=1S/C11H9N3O3.CH4O/c1-17-11(16)10(15)14-8-2-3-9-7(4-8)5-12-6-13-9;1-2/h2-6H,1H3,(H,14,15);2H,1H3. The summed E-state index contributed by atoms with van der Waals surface area (Å²) in [6.07, 6.45) is 3.06. The van der Waals surface area contributed by atoms with E-state index in [9.17, 15) is 9.59 Å². The number of aromatic nitrogens is 2. The first kappa shape index (κ1) is 14.5. The zero-order valence-electron chi connectivity index (χ0n) is 10.5. The van der Waals surface area contributed by atoms with E-state index in [1.165, 1.54) is 6.33 Å². The minimum atomic E-state index is -0.936. The van der Waals surface area contributed by atoms with Crippen molar-refractivity contribution in [3.63, 3.8) is 0 Å². The van der Waals surface area contributed by atoms with Crippen molar-refractivity contribution >= 4 is 28.5 Å². The van der Waals surface area contributed by atoms with Crippen LogP contribution in [0.4, 0.5) is 5.69 Å². The molecule has 2 aromatic rings. The molecule has 0 atom stereocenters. The number of carbonyl (C=O) groups is 2. The zero-order valence-corrected chi connectivity index (χ0v) is 10.5. The maximum absolute atomic E-state index is 11.3. The molecule has 0 saturated heterocycles. The van der Waals surface area contributed by atoms with Gasteiger partial charge in [-0.15, -0.1) is 0 Å². The van der Waals surface area contributed by atoms with Crippen molar-refractivity contribution in [3.05, 3.63) is 30.7 Å². The van der Waals surface area contributed by atoms with Crippen molar-refractivity contribution in [1.82, 2.24) is 9.97 Å². The molecule has 0 aliphatic carbocycles. The van der Waals surface area contributed by atoms with Gasteiger partial charge >= 0.3 is 11.9 Å². The molecule has 2 N–H and O–H groups in total. The fourth-order valence-electron chi connectivity index (χ4n) is 1.34. The Balaban J connectivity index is 0.000000861. The molecule has 1 aromatic heterocycles. The van der Waals surface area contributed by atoms with Crippen molar-refractivity contribution in [2.45, 2.75) is 0 Å². The summed E-state index contributed by atoms with van der Waals surface area (Å²) in [5, 5.41) is 10.2. The first-order valence-electron chi connectivity index (χ1n) is 5.24. The molecule has 0 saturated carbocycles. The number of carbonyl (C=O) groups excluding carboxylic acids is 2. The summed E-state index contributed by atoms with van der Waals surface area (Å²) in [5.41, 5.74) is 1.25. The van der Waals surface area contributed by atoms with E-state index in [1.54, 1.807) is 24.4 Å². The smallest absolute Gasteiger partial charge is 0.396 e. The van der Waals surface area contributed by atoms with Gasteiger partial charge in [-0.3, -0.25) is 4.79 Å². The number of hydrogen-bond acceptors (Lipinski definition) is 6. The van der Waals surface area contributed by atoms with Gasteiger partial charge in [-0.25, -0.2) is 14.8 Å². The molecular formula is C12H13N3O4. The summed E-state index contributed by atoms with van der Waals surface area (Å²) < 4.78 is 4.30. The second-order valence-electron chi connectivity index (χ2n) is 3.24. The van der Waals surface area contributed by atoms with Crippen LogP contribution in [0.5, 0.6) is 0 Å². The van der Waals surface area contributed by atoms with Crippen molar-refractivity contribution in [1.29, 1.82) is 0 Å². The van der Waals surface area contributed by atoms with Gasteiger partial charge in [-0.2, -0.15) is 0 Å². The maximum Gasteiger partial charge on any atom is 0.396 e. The third-order valence-electron chi connectivity index (χ3n) is 2.13. The molecule has 7 heteroatoms. The highest BCUT2D eigenvalue weighted by atomic mass is 16.5. The SMILES string of the molecule is CO.COC(=O)C(=O)Nc1ccc2ncncc2c1. The van der Waals surface area contributed by atoms with Gasteiger partial charge in [0.2, 0.25) is 0 Å². The minimum absolute atomic E-state index is 0.489. The molecule has 1 amide bonds. The normalized spacial score (nSPS) is 9.21. The van der Waals surface area contributed by atoms with Crippen molar-refractivity contribution in [2.75, 3.05) is 19.5 Å². The lowest BCUT2D eigenvalue weighted by atomic mass is 10.2. The highest BCUT2D eigenvalue weighted by Gasteiger charge is 2.13. The predicted molar refractivity (Wildman–Crippen MR) is 68.3 cm³/mol. The van der Waals surface area contributed by atoms with E-state index in [-0.39, 0.29) is 0 Å². The van der Waals surface area contributed by atoms with Crippen molar-refractivity contribution in [3.8, 4) is 0 Å². The molecule has 2 rings (SSSR count). The minimum Gasteiger partial charge on any atom is -0.462 e. The van der Waals surface area contributed by atoms with E-state index in [2.05, 4.69) is 20.0 Å². The Labute approximate surface area is 109 Å². The summed E-state index contributed by atoms with van der Waals surface area (Å²) in [6, 6.07) is 5.05. The van der Waals surface area contributed by atoms with Gasteiger partial charge in [0.15, 0.2) is 0 Å². The molecule has 0 spiro atoms. The van der Waals surface area contributed by atoms with Crippen molar-refractivity contribution in [2.24, 2.45) is 0 Å². The van der Waals surface area contributed by atoms with E-state index in [1.807, 2.05) is 0 Å². The Bertz CT molecular complexity index is 586. The number of methoxy groups -OCH3 is 1. The number of fused-ring (bicyclic) bond motifs is 1. The molecular weight excluding hydrogens is 250 g/mol. The zero-order chi connectivity index (χ0) is 14.3. The number of aliphatic hydroxyl groups excluding tert-OH is 1. The maximum atomic E-state index is 11.3. The van der Waals surface area contributed by atoms with Gasteiger partial charge in [0.1, 0.15) is 6.33 Å². The molecule has 7 nitrogen and oxygen atoms in total. The lowest BCUT2D eigenvalue weighted by Crippen LogP contribution is -2.23. The third kappa shape index (κ3) is 3.71. The number of benzene rings is 1. The second kappa shape index (κ2) is 7.02. The summed E-state index contributed by atoms with van der Waals surface area (Å²) in [6.45, 7) is 0. The number of rotatable bonds is 1. The van der Waals surface area contributed by atoms with E-state index >= 15 is 0 Å². The summed E-state index contributed by atoms with van der Waals surface area (Å²) >= 11 is 0. The number of nitrogens with zero attached hydrogens (tertiary/aromatic N) is 2. The van der Waals surface area contributed by atoms with Gasteiger partial charge < -0.3 is 15.2 Å². The van der Waals surface area contributed by atoms with Crippen LogP contribution in [0.3, 0.4) is 0 Å². The summed E-state index contributed by atoms with van der Waals surface area (Å²) in [7, 11) is 2.15. The Morgan fingerprint density at radius 1 is 1.32 bits per heavy atom. The van der Waals surface area contributed by atoms with E-state index in [4.69, 9.17) is 5.11 Å². The van der Waals surface area contributed by atoms with Crippen LogP contribution in [-0.4, -0.2) is 41.2 Å². The van der Waals surface area contributed by atoms with Crippen LogP contribution in [0.25, 0.3) is 10.9 Å². The lowest BCUT2D eigenvalue weighted by Gasteiger charge is -2.04. The molecule has 0 unspecified atom stereocenters. The molecule has 0 fully saturated rings. The molecule has 0 radical (unpaired) electrons. The van der Waals surface area contributed by atoms with Crippen LogP contribution in [0.1, 0.15) is 0 Å². The fraction of sp³-hybridized carbons (Fsp3) is 0.167. The Morgan fingerprint density at radius 3 is 2.74 bits per heavy atom. The van der Waals surface area contributed by atoms with Crippen LogP contribution < -0.4 is 5.32 Å². The number of hydrogen-bond donors (Lipinski definition) is 2. The number of anilines is 1. The Hall–Kier alpha value is -2.54. The molecule has 1 heterocycles. The topological polar surface area (TPSA) is 101 Å². The number of aliphatic hydroxyl groups is 1. The molecule has 0 aliphatic rings. The molecule has 0 bridgehead atoms. The number of esters is 1. The van der Waals surface area contributed by atoms with Crippen LogP contribution in [-0.2, 0) is 14.3 Å². The highest BCUT2D eigenvalue weighted by Crippen LogP contribution is 2.15. The summed E-state index contributed by atoms with van der Waals surface area (Å²) in [4.78, 5) is 30.1. The lowest BCUT2D eigenvalue weighted by molar-refractivity contribution is -0.150. The van der Waals surface area contributed by atoms with Crippen LogP contribution in [0.15, 0.2) is 30.7 Å². The van der Waals surface area contributed by atoms with E-state index in [0.29, 0.717) is 5.69 Å². The number of amides is 1. The Kier molecular flexibility index (Phi) is 5.36. The summed E-state index contributed by atoms with van der Waals surface area (Å²) in [5.74, 6) is -1.75. The van der Waals surface area contributed by atoms with Crippen LogP contribution in [0.2, 0.25) is 0 Å². The molecule has 100 valence electrons. The molecule has 1 aromatic carbocycles. The average molecular weight is 263 g/mol. The third-order valence-corrected chi connectivity index (χ3v) is 2.13. The first-order valence-corrected chi connectivity index (χ1v) is 5.24. The fourth-order valence-corrected chi connectivity index (χ4v) is 1.34. The predicted octanol–water partition coefficient (Wildman–Crippen LogP) is 0.350. The van der Waals surface area contributed by atoms with Gasteiger partial charge in [0, 0.05) is 24.4 Å². The van der Waals surface area contributed by atoms with Gasteiger partial charge in [-0.05, 0) is 18.2 Å². The molecule has 19 heavy (non-hydrogen) atoms. The van der Waals surface area contributed by atoms with E-state index < -0.39 is 11.9 Å². The number of nitrogens with one attached hydrogen (secondary N) is 1. The second-order valence-corrected chi connectivity index (χ2v) is 3.24. The first-order chi connectivity index (χ1) is 9.20. The van der Waals surface area contributed by atoms with Gasteiger partial charge in [0.25, 0.3) is 0 Å². The monoisotopic (exact) mass is 263 g/mol. The van der Waals surface area contributed by atoms with Crippen LogP contribution in [0, 0.1) is 0 Å².